The summed E-state index contributed by atoms with van der Waals surface area (Å²) in [7, 11) is 1.67. The molecule has 1 aliphatic rings. The molecule has 144 valence electrons. The molecule has 0 saturated carbocycles. The Morgan fingerprint density at radius 3 is 2.50 bits per heavy atom. The molecule has 0 radical (unpaired) electrons. The Bertz CT molecular complexity index is 598. The van der Waals surface area contributed by atoms with E-state index < -0.39 is 6.03 Å². The van der Waals surface area contributed by atoms with E-state index in [4.69, 9.17) is 4.74 Å². The van der Waals surface area contributed by atoms with Crippen LogP contribution in [-0.2, 0) is 4.79 Å². The zero-order valence-electron chi connectivity index (χ0n) is 16.0. The zero-order chi connectivity index (χ0) is 18.9. The van der Waals surface area contributed by atoms with E-state index in [9.17, 15) is 9.59 Å². The molecule has 1 fully saturated rings. The van der Waals surface area contributed by atoms with Gasteiger partial charge in [0.15, 0.2) is 0 Å². The number of carbonyl (C=O) groups excluding carboxylic acids is 2. The number of ether oxygens (including phenoxy) is 1. The van der Waals surface area contributed by atoms with Gasteiger partial charge in [0.2, 0.25) is 5.91 Å². The average molecular weight is 362 g/mol. The maximum absolute atomic E-state index is 12.0. The SMILES string of the molecule is COc1ccccc1N1CCN(CC(=O)NC(=O)NCCC(C)C)CC1. The maximum atomic E-state index is 12.0. The van der Waals surface area contributed by atoms with Crippen LogP contribution in [0.1, 0.15) is 20.3 Å². The number of hydrogen-bond acceptors (Lipinski definition) is 5. The lowest BCUT2D eigenvalue weighted by molar-refractivity contribution is -0.121. The standard InChI is InChI=1S/C19H30N4O3/c1-15(2)8-9-20-19(25)21-18(24)14-22-10-12-23(13-11-22)16-6-4-5-7-17(16)26-3/h4-7,15H,8-14H2,1-3H3,(H2,20,21,24,25). The highest BCUT2D eigenvalue weighted by molar-refractivity contribution is 5.95. The summed E-state index contributed by atoms with van der Waals surface area (Å²) in [5, 5.41) is 5.11. The molecule has 1 aromatic carbocycles. The van der Waals surface area contributed by atoms with E-state index in [1.165, 1.54) is 0 Å². The number of carbonyl (C=O) groups is 2. The van der Waals surface area contributed by atoms with E-state index >= 15 is 0 Å². The fourth-order valence-corrected chi connectivity index (χ4v) is 2.93. The maximum Gasteiger partial charge on any atom is 0.321 e. The van der Waals surface area contributed by atoms with Crippen LogP contribution in [0.5, 0.6) is 5.75 Å². The van der Waals surface area contributed by atoms with Crippen LogP contribution < -0.4 is 20.3 Å². The fourth-order valence-electron chi connectivity index (χ4n) is 2.93. The van der Waals surface area contributed by atoms with Crippen molar-refractivity contribution in [2.45, 2.75) is 20.3 Å². The van der Waals surface area contributed by atoms with Crippen molar-refractivity contribution in [3.63, 3.8) is 0 Å². The van der Waals surface area contributed by atoms with Gasteiger partial charge in [0, 0.05) is 32.7 Å². The second kappa shape index (κ2) is 10.0. The first kappa shape index (κ1) is 20.0. The predicted octanol–water partition coefficient (Wildman–Crippen LogP) is 1.69. The van der Waals surface area contributed by atoms with Crippen molar-refractivity contribution in [2.24, 2.45) is 5.92 Å². The number of nitrogens with zero attached hydrogens (tertiary/aromatic N) is 2. The molecular formula is C19H30N4O3. The number of hydrogen-bond donors (Lipinski definition) is 2. The number of urea groups is 1. The van der Waals surface area contributed by atoms with Gasteiger partial charge in [-0.15, -0.1) is 0 Å². The predicted molar refractivity (Wildman–Crippen MR) is 103 cm³/mol. The molecule has 1 heterocycles. The quantitative estimate of drug-likeness (QED) is 0.772. The number of benzene rings is 1. The molecule has 3 amide bonds. The Labute approximate surface area is 155 Å². The molecule has 7 heteroatoms. The summed E-state index contributed by atoms with van der Waals surface area (Å²) in [6, 6.07) is 7.53. The summed E-state index contributed by atoms with van der Waals surface area (Å²) in [6.45, 7) is 8.15. The van der Waals surface area contributed by atoms with E-state index in [1.807, 2.05) is 24.3 Å². The number of imide groups is 1. The number of rotatable bonds is 7. The molecule has 0 spiro atoms. The van der Waals surface area contributed by atoms with Crippen molar-refractivity contribution in [2.75, 3.05) is 51.3 Å². The molecule has 1 aromatic rings. The minimum atomic E-state index is -0.414. The Morgan fingerprint density at radius 2 is 1.85 bits per heavy atom. The summed E-state index contributed by atoms with van der Waals surface area (Å²) in [5.74, 6) is 1.11. The molecule has 2 rings (SSSR count). The second-order valence-corrected chi connectivity index (χ2v) is 6.92. The molecule has 0 aliphatic carbocycles. The number of anilines is 1. The highest BCUT2D eigenvalue weighted by atomic mass is 16.5. The molecule has 0 bridgehead atoms. The van der Waals surface area contributed by atoms with Crippen LogP contribution in [0.4, 0.5) is 10.5 Å². The van der Waals surface area contributed by atoms with Crippen LogP contribution in [0.2, 0.25) is 0 Å². The first-order valence-corrected chi connectivity index (χ1v) is 9.17. The van der Waals surface area contributed by atoms with Gasteiger partial charge in [-0.05, 0) is 24.5 Å². The number of methoxy groups -OCH3 is 1. The topological polar surface area (TPSA) is 73.9 Å². The Balaban J connectivity index is 1.73. The van der Waals surface area contributed by atoms with Gasteiger partial charge in [-0.25, -0.2) is 4.79 Å². The van der Waals surface area contributed by atoms with Gasteiger partial charge < -0.3 is 15.0 Å². The number of piperazine rings is 1. The monoisotopic (exact) mass is 362 g/mol. The van der Waals surface area contributed by atoms with Gasteiger partial charge in [0.05, 0.1) is 19.3 Å². The van der Waals surface area contributed by atoms with E-state index in [2.05, 4.69) is 34.3 Å². The molecule has 1 saturated heterocycles. The minimum Gasteiger partial charge on any atom is -0.495 e. The summed E-state index contributed by atoms with van der Waals surface area (Å²) >= 11 is 0. The van der Waals surface area contributed by atoms with Crippen molar-refractivity contribution in [1.82, 2.24) is 15.5 Å². The third-order valence-corrected chi connectivity index (χ3v) is 4.43. The van der Waals surface area contributed by atoms with Crippen molar-refractivity contribution < 1.29 is 14.3 Å². The second-order valence-electron chi connectivity index (χ2n) is 6.92. The first-order valence-electron chi connectivity index (χ1n) is 9.17. The Hall–Kier alpha value is -2.28. The van der Waals surface area contributed by atoms with Gasteiger partial charge >= 0.3 is 6.03 Å². The molecule has 1 aliphatic heterocycles. The highest BCUT2D eigenvalue weighted by Gasteiger charge is 2.21. The summed E-state index contributed by atoms with van der Waals surface area (Å²) in [5.41, 5.74) is 1.07. The highest BCUT2D eigenvalue weighted by Crippen LogP contribution is 2.28. The number of para-hydroxylation sites is 2. The number of amides is 3. The van der Waals surface area contributed by atoms with E-state index in [0.717, 1.165) is 44.0 Å². The van der Waals surface area contributed by atoms with Crippen LogP contribution in [0.25, 0.3) is 0 Å². The number of nitrogens with one attached hydrogen (secondary N) is 2. The largest absolute Gasteiger partial charge is 0.495 e. The van der Waals surface area contributed by atoms with Crippen molar-refractivity contribution in [1.29, 1.82) is 0 Å². The molecule has 26 heavy (non-hydrogen) atoms. The minimum absolute atomic E-state index is 0.233. The van der Waals surface area contributed by atoms with Gasteiger partial charge in [-0.3, -0.25) is 15.0 Å². The molecule has 7 nitrogen and oxygen atoms in total. The first-order chi connectivity index (χ1) is 12.5. The lowest BCUT2D eigenvalue weighted by Gasteiger charge is -2.36. The van der Waals surface area contributed by atoms with Crippen LogP contribution in [0.15, 0.2) is 24.3 Å². The van der Waals surface area contributed by atoms with E-state index in [-0.39, 0.29) is 12.5 Å². The molecule has 0 unspecified atom stereocenters. The Kier molecular flexibility index (Phi) is 7.72. The fraction of sp³-hybridized carbons (Fsp3) is 0.579. The zero-order valence-corrected chi connectivity index (χ0v) is 16.0. The van der Waals surface area contributed by atoms with Crippen LogP contribution in [0.3, 0.4) is 0 Å². The lowest BCUT2D eigenvalue weighted by Crippen LogP contribution is -2.51. The van der Waals surface area contributed by atoms with E-state index in [0.29, 0.717) is 12.5 Å². The average Bonchev–Trinajstić information content (AvgIpc) is 2.62. The summed E-state index contributed by atoms with van der Waals surface area (Å²) < 4.78 is 5.42. The summed E-state index contributed by atoms with van der Waals surface area (Å²) in [6.07, 6.45) is 0.895. The third kappa shape index (κ3) is 6.22. The third-order valence-electron chi connectivity index (χ3n) is 4.43. The molecule has 0 aromatic heterocycles. The molecule has 2 N–H and O–H groups in total. The van der Waals surface area contributed by atoms with Gasteiger partial charge in [0.25, 0.3) is 0 Å². The smallest absolute Gasteiger partial charge is 0.321 e. The normalized spacial score (nSPS) is 15.0. The van der Waals surface area contributed by atoms with E-state index in [1.54, 1.807) is 7.11 Å². The van der Waals surface area contributed by atoms with Crippen LogP contribution >= 0.6 is 0 Å². The van der Waals surface area contributed by atoms with Crippen LogP contribution in [0, 0.1) is 5.92 Å². The van der Waals surface area contributed by atoms with Gasteiger partial charge in [-0.2, -0.15) is 0 Å². The van der Waals surface area contributed by atoms with Crippen molar-refractivity contribution >= 4 is 17.6 Å². The van der Waals surface area contributed by atoms with Crippen LogP contribution in [-0.4, -0.2) is 63.2 Å². The summed E-state index contributed by atoms with van der Waals surface area (Å²) in [4.78, 5) is 28.0. The van der Waals surface area contributed by atoms with Crippen molar-refractivity contribution in [3.05, 3.63) is 24.3 Å². The van der Waals surface area contributed by atoms with Gasteiger partial charge in [0.1, 0.15) is 5.75 Å². The van der Waals surface area contributed by atoms with Crippen molar-refractivity contribution in [3.8, 4) is 5.75 Å². The lowest BCUT2D eigenvalue weighted by atomic mass is 10.1. The Morgan fingerprint density at radius 1 is 1.15 bits per heavy atom. The molecular weight excluding hydrogens is 332 g/mol. The molecule has 0 atom stereocenters. The van der Waals surface area contributed by atoms with Gasteiger partial charge in [-0.1, -0.05) is 26.0 Å².